The average Bonchev–Trinajstić information content (AvgIpc) is 3.29. The first kappa shape index (κ1) is 17.2. The highest BCUT2D eigenvalue weighted by molar-refractivity contribution is 6.06. The van der Waals surface area contributed by atoms with Crippen molar-refractivity contribution < 1.29 is 26.2 Å². The van der Waals surface area contributed by atoms with Crippen molar-refractivity contribution in [3.05, 3.63) is 48.5 Å². The molecular weight excluding hydrogens is 366 g/mol. The third kappa shape index (κ3) is 2.92. The van der Waals surface area contributed by atoms with Gasteiger partial charge in [-0.1, -0.05) is 18.2 Å². The van der Waals surface area contributed by atoms with E-state index in [9.17, 15) is 20.1 Å². The number of aliphatic hydroxyl groups excluding tert-OH is 2. The summed E-state index contributed by atoms with van der Waals surface area (Å²) in [5, 5.41) is 33.1. The summed E-state index contributed by atoms with van der Waals surface area (Å²) in [5.41, 5.74) is -1.06. The summed E-state index contributed by atoms with van der Waals surface area (Å²) >= 11 is 0. The van der Waals surface area contributed by atoms with E-state index in [0.29, 0.717) is 5.56 Å². The molecule has 0 spiro atoms. The minimum absolute atomic E-state index is 0.161. The van der Waals surface area contributed by atoms with Gasteiger partial charge in [-0.05, 0) is 19.0 Å². The molecule has 3 aromatic rings. The van der Waals surface area contributed by atoms with Gasteiger partial charge in [-0.25, -0.2) is 15.0 Å². The smallest absolute Gasteiger partial charge is 0.256 e. The van der Waals surface area contributed by atoms with E-state index in [2.05, 4.69) is 20.3 Å². The number of carbonyl (C=O) groups excluding carboxylic acids is 1. The molecule has 0 bridgehead atoms. The number of aliphatic hydroxyl groups is 3. The number of aromatic nitrogens is 4. The third-order valence-electron chi connectivity index (χ3n) is 4.65. The van der Waals surface area contributed by atoms with Crippen LogP contribution in [0.15, 0.2) is 43.0 Å². The Balaban J connectivity index is 1.70. The second-order valence-electron chi connectivity index (χ2n) is 6.51. The summed E-state index contributed by atoms with van der Waals surface area (Å²) in [4.78, 5) is 24.9. The fourth-order valence-electron chi connectivity index (χ4n) is 3.16. The van der Waals surface area contributed by atoms with Gasteiger partial charge in [-0.15, -0.1) is 0 Å². The summed E-state index contributed by atoms with van der Waals surface area (Å²) in [7, 11) is 0. The Bertz CT molecular complexity index is 1030. The van der Waals surface area contributed by atoms with Gasteiger partial charge >= 0.3 is 0 Å². The molecule has 1 fully saturated rings. The van der Waals surface area contributed by atoms with Crippen molar-refractivity contribution >= 4 is 22.9 Å². The lowest BCUT2D eigenvalue weighted by atomic mass is 9.96. The third-order valence-corrected chi connectivity index (χ3v) is 4.65. The molecule has 0 saturated carbocycles. The van der Waals surface area contributed by atoms with Crippen LogP contribution >= 0.6 is 0 Å². The van der Waals surface area contributed by atoms with Gasteiger partial charge in [0.1, 0.15) is 24.1 Å². The number of nitrogens with zero attached hydrogens (tertiary/aromatic N) is 4. The minimum atomic E-state index is -1.97. The number of imidazole rings is 1. The fraction of sp³-hybridized carbons (Fsp3) is 0.333. The number of rotatable bonds is 4. The predicted octanol–water partition coefficient (Wildman–Crippen LogP) is 0.0802. The van der Waals surface area contributed by atoms with Crippen LogP contribution in [0.4, 0.5) is 5.82 Å². The maximum atomic E-state index is 12.4. The van der Waals surface area contributed by atoms with Gasteiger partial charge in [0.2, 0.25) is 0 Å². The second-order valence-corrected chi connectivity index (χ2v) is 6.51. The number of nitrogens with one attached hydrogen (secondary N) is 1. The van der Waals surface area contributed by atoms with E-state index in [4.69, 9.17) is 6.11 Å². The van der Waals surface area contributed by atoms with Crippen LogP contribution in [-0.2, 0) is 4.74 Å². The molecule has 1 saturated heterocycles. The van der Waals surface area contributed by atoms with E-state index < -0.39 is 37.5 Å². The Hall–Kier alpha value is -2.92. The number of carbonyl (C=O) groups is 1. The van der Waals surface area contributed by atoms with Crippen molar-refractivity contribution in [1.82, 2.24) is 19.5 Å². The molecule has 0 radical (unpaired) electrons. The molecule has 0 unspecified atom stereocenters. The SMILES string of the molecule is [2H]C[C@@]1(O)[C@H](O)[C@@H](CO)O[C@H]1n1cnc2c(NC(=O)c3ccccc3)ncnc21. The van der Waals surface area contributed by atoms with Gasteiger partial charge in [0, 0.05) is 6.93 Å². The van der Waals surface area contributed by atoms with Crippen LogP contribution < -0.4 is 5.32 Å². The van der Waals surface area contributed by atoms with E-state index in [0.717, 1.165) is 0 Å². The van der Waals surface area contributed by atoms with Crippen LogP contribution in [0, 0.1) is 0 Å². The van der Waals surface area contributed by atoms with Crippen molar-refractivity contribution in [2.75, 3.05) is 11.9 Å². The Kier molecular flexibility index (Phi) is 4.24. The number of hydrogen-bond donors (Lipinski definition) is 4. The van der Waals surface area contributed by atoms with Crippen LogP contribution in [0.5, 0.6) is 0 Å². The quantitative estimate of drug-likeness (QED) is 0.494. The van der Waals surface area contributed by atoms with Crippen LogP contribution in [0.2, 0.25) is 0 Å². The van der Waals surface area contributed by atoms with Gasteiger partial charge < -0.3 is 25.4 Å². The van der Waals surface area contributed by atoms with Crippen LogP contribution in [-0.4, -0.2) is 65.2 Å². The normalized spacial score (nSPS) is 27.7. The zero-order valence-electron chi connectivity index (χ0n) is 15.6. The van der Waals surface area contributed by atoms with Crippen molar-refractivity contribution in [2.24, 2.45) is 0 Å². The molecule has 4 rings (SSSR count). The van der Waals surface area contributed by atoms with Gasteiger partial charge in [0.15, 0.2) is 23.2 Å². The number of amides is 1. The van der Waals surface area contributed by atoms with E-state index in [1.165, 1.54) is 17.2 Å². The highest BCUT2D eigenvalue weighted by Crippen LogP contribution is 2.39. The maximum Gasteiger partial charge on any atom is 0.256 e. The maximum absolute atomic E-state index is 12.4. The number of anilines is 1. The summed E-state index contributed by atoms with van der Waals surface area (Å²) in [5.74, 6) is -0.218. The standard InChI is InChI=1S/C18H19N5O5/c1-18(27)13(25)11(7-24)28-17(18)23-9-21-12-14(19-8-20-15(12)23)22-16(26)10-5-3-2-4-6-10/h2-6,8-9,11,13,17,24-25,27H,7H2,1H3,(H,19,20,22,26)/t11-,13-,17-,18-/m1/s1/i1D. The number of hydrogen-bond acceptors (Lipinski definition) is 8. The number of fused-ring (bicyclic) bond motifs is 1. The Labute approximate surface area is 160 Å². The first-order valence-corrected chi connectivity index (χ1v) is 8.49. The molecule has 2 aromatic heterocycles. The lowest BCUT2D eigenvalue weighted by Crippen LogP contribution is -2.44. The van der Waals surface area contributed by atoms with Crippen molar-refractivity contribution in [2.45, 2.75) is 30.9 Å². The zero-order valence-corrected chi connectivity index (χ0v) is 14.6. The molecule has 10 nitrogen and oxygen atoms in total. The summed E-state index contributed by atoms with van der Waals surface area (Å²) in [6, 6.07) is 8.58. The summed E-state index contributed by atoms with van der Waals surface area (Å²) in [6.45, 7) is -1.10. The second kappa shape index (κ2) is 6.91. The monoisotopic (exact) mass is 386 g/mol. The molecule has 28 heavy (non-hydrogen) atoms. The zero-order chi connectivity index (χ0) is 20.6. The van der Waals surface area contributed by atoms with Gasteiger partial charge in [0.25, 0.3) is 5.91 Å². The topological polar surface area (TPSA) is 143 Å². The summed E-state index contributed by atoms with van der Waals surface area (Å²) in [6.07, 6.45) is -1.20. The van der Waals surface area contributed by atoms with E-state index in [1.807, 2.05) is 0 Å². The van der Waals surface area contributed by atoms with Gasteiger partial charge in [0.05, 0.1) is 12.9 Å². The number of ether oxygens (including phenoxy) is 1. The molecule has 1 aliphatic rings. The fourth-order valence-corrected chi connectivity index (χ4v) is 3.16. The lowest BCUT2D eigenvalue weighted by molar-refractivity contribution is -0.0950. The Morgan fingerprint density at radius 1 is 1.36 bits per heavy atom. The Morgan fingerprint density at radius 2 is 2.14 bits per heavy atom. The first-order chi connectivity index (χ1) is 14.0. The van der Waals surface area contributed by atoms with E-state index in [1.54, 1.807) is 30.3 Å². The molecule has 3 heterocycles. The average molecular weight is 386 g/mol. The highest BCUT2D eigenvalue weighted by Gasteiger charge is 2.53. The molecule has 4 N–H and O–H groups in total. The predicted molar refractivity (Wildman–Crippen MR) is 97.3 cm³/mol. The van der Waals surface area contributed by atoms with E-state index in [-0.39, 0.29) is 22.9 Å². The molecule has 1 amide bonds. The molecule has 10 heteroatoms. The highest BCUT2D eigenvalue weighted by atomic mass is 16.6. The largest absolute Gasteiger partial charge is 0.394 e. The minimum Gasteiger partial charge on any atom is -0.394 e. The lowest BCUT2D eigenvalue weighted by Gasteiger charge is -2.27. The molecule has 0 aliphatic carbocycles. The van der Waals surface area contributed by atoms with Crippen LogP contribution in [0.25, 0.3) is 11.2 Å². The van der Waals surface area contributed by atoms with Crippen LogP contribution in [0.1, 0.15) is 24.9 Å². The first-order valence-electron chi connectivity index (χ1n) is 9.20. The van der Waals surface area contributed by atoms with Crippen LogP contribution in [0.3, 0.4) is 0 Å². The summed E-state index contributed by atoms with van der Waals surface area (Å²) < 4.78 is 14.6. The Morgan fingerprint density at radius 3 is 2.86 bits per heavy atom. The number of benzene rings is 1. The van der Waals surface area contributed by atoms with Crippen molar-refractivity contribution in [1.29, 1.82) is 0 Å². The van der Waals surface area contributed by atoms with E-state index >= 15 is 0 Å². The van der Waals surface area contributed by atoms with Gasteiger partial charge in [-0.2, -0.15) is 0 Å². The van der Waals surface area contributed by atoms with Crippen molar-refractivity contribution in [3.8, 4) is 0 Å². The van der Waals surface area contributed by atoms with Gasteiger partial charge in [-0.3, -0.25) is 9.36 Å². The molecule has 146 valence electrons. The molecular formula is C18H19N5O5. The molecule has 1 aromatic carbocycles. The van der Waals surface area contributed by atoms with Crippen molar-refractivity contribution in [3.63, 3.8) is 0 Å². The molecule has 4 atom stereocenters. The molecule has 1 aliphatic heterocycles.